The van der Waals surface area contributed by atoms with Crippen LogP contribution in [0.4, 0.5) is 4.39 Å². The van der Waals surface area contributed by atoms with E-state index in [0.717, 1.165) is 25.2 Å². The predicted octanol–water partition coefficient (Wildman–Crippen LogP) is 2.15. The van der Waals surface area contributed by atoms with Gasteiger partial charge in [-0.1, -0.05) is 24.3 Å². The van der Waals surface area contributed by atoms with E-state index in [-0.39, 0.29) is 6.04 Å². The number of rotatable bonds is 5. The quantitative estimate of drug-likeness (QED) is 0.914. The number of fused-ring (bicyclic) bond motifs is 1. The van der Waals surface area contributed by atoms with Crippen molar-refractivity contribution in [2.24, 2.45) is 0 Å². The highest BCUT2D eigenvalue weighted by atomic mass is 19.1. The highest BCUT2D eigenvalue weighted by molar-refractivity contribution is 5.33. The fourth-order valence-electron chi connectivity index (χ4n) is 3.93. The van der Waals surface area contributed by atoms with Crippen LogP contribution >= 0.6 is 0 Å². The Morgan fingerprint density at radius 3 is 2.50 bits per heavy atom. The second-order valence-corrected chi connectivity index (χ2v) is 6.86. The molecule has 1 aliphatic carbocycles. The number of alkyl halides is 1. The summed E-state index contributed by atoms with van der Waals surface area (Å²) in [7, 11) is 0. The van der Waals surface area contributed by atoms with Gasteiger partial charge >= 0.3 is 0 Å². The van der Waals surface area contributed by atoms with Crippen LogP contribution < -0.4 is 5.32 Å². The molecule has 2 atom stereocenters. The molecule has 2 aromatic rings. The predicted molar refractivity (Wildman–Crippen MR) is 91.4 cm³/mol. The summed E-state index contributed by atoms with van der Waals surface area (Å²) in [5.74, 6) is 0.768. The smallest absolute Gasteiger partial charge is 0.142 e. The number of hydrogen-bond donors (Lipinski definition) is 1. The van der Waals surface area contributed by atoms with E-state index in [1.807, 2.05) is 6.07 Å². The first-order valence-corrected chi connectivity index (χ1v) is 8.72. The zero-order chi connectivity index (χ0) is 16.4. The van der Waals surface area contributed by atoms with Crippen molar-refractivity contribution in [1.82, 2.24) is 20.2 Å². The molecule has 24 heavy (non-hydrogen) atoms. The lowest BCUT2D eigenvalue weighted by atomic mass is 10.1. The Bertz CT molecular complexity index is 653. The molecule has 2 heterocycles. The molecule has 1 aliphatic heterocycles. The normalized spacial score (nSPS) is 24.4. The van der Waals surface area contributed by atoms with Gasteiger partial charge in [-0.15, -0.1) is 0 Å². The molecule has 5 heteroatoms. The molecule has 1 aromatic heterocycles. The van der Waals surface area contributed by atoms with Crippen molar-refractivity contribution in [2.75, 3.05) is 13.1 Å². The lowest BCUT2D eigenvalue weighted by Gasteiger charge is -2.25. The maximum atomic E-state index is 13.9. The maximum absolute atomic E-state index is 13.9. The van der Waals surface area contributed by atoms with Crippen LogP contribution in [0.25, 0.3) is 0 Å². The van der Waals surface area contributed by atoms with Gasteiger partial charge in [-0.3, -0.25) is 4.90 Å². The molecular weight excluding hydrogens is 303 g/mol. The number of hydrogen-bond acceptors (Lipinski definition) is 4. The van der Waals surface area contributed by atoms with E-state index < -0.39 is 6.17 Å². The molecule has 1 aromatic carbocycles. The number of nitrogens with one attached hydrogen (secondary N) is 1. The maximum Gasteiger partial charge on any atom is 0.142 e. The van der Waals surface area contributed by atoms with Crippen molar-refractivity contribution < 1.29 is 4.39 Å². The van der Waals surface area contributed by atoms with Crippen LogP contribution in [0.2, 0.25) is 0 Å². The number of halogens is 1. The summed E-state index contributed by atoms with van der Waals surface area (Å²) in [6, 6.07) is 11.1. The first-order valence-electron chi connectivity index (χ1n) is 8.72. The van der Waals surface area contributed by atoms with E-state index in [2.05, 4.69) is 44.5 Å². The van der Waals surface area contributed by atoms with Gasteiger partial charge in [0.05, 0.1) is 6.54 Å². The molecule has 4 rings (SSSR count). The molecule has 4 nitrogen and oxygen atoms in total. The number of nitrogens with zero attached hydrogens (tertiary/aromatic N) is 3. The minimum absolute atomic E-state index is 0.215. The van der Waals surface area contributed by atoms with Crippen LogP contribution in [0.3, 0.4) is 0 Å². The lowest BCUT2D eigenvalue weighted by molar-refractivity contribution is 0.221. The fourth-order valence-corrected chi connectivity index (χ4v) is 3.93. The molecule has 1 saturated heterocycles. The van der Waals surface area contributed by atoms with E-state index in [0.29, 0.717) is 25.6 Å². The molecule has 0 saturated carbocycles. The van der Waals surface area contributed by atoms with E-state index in [1.54, 1.807) is 12.4 Å². The Balaban J connectivity index is 1.33. The third-order valence-corrected chi connectivity index (χ3v) is 5.13. The third-order valence-electron chi connectivity index (χ3n) is 5.13. The van der Waals surface area contributed by atoms with E-state index in [4.69, 9.17) is 0 Å². The van der Waals surface area contributed by atoms with Crippen molar-refractivity contribution in [2.45, 2.75) is 44.1 Å². The van der Waals surface area contributed by atoms with E-state index in [9.17, 15) is 4.39 Å². The molecule has 2 aliphatic rings. The van der Waals surface area contributed by atoms with Gasteiger partial charge < -0.3 is 5.32 Å². The monoisotopic (exact) mass is 326 g/mol. The van der Waals surface area contributed by atoms with E-state index >= 15 is 0 Å². The summed E-state index contributed by atoms with van der Waals surface area (Å²) in [5.41, 5.74) is 2.89. The van der Waals surface area contributed by atoms with Crippen molar-refractivity contribution in [3.63, 3.8) is 0 Å². The van der Waals surface area contributed by atoms with Crippen LogP contribution in [0, 0.1) is 0 Å². The highest BCUT2D eigenvalue weighted by Gasteiger charge is 2.33. The summed E-state index contributed by atoms with van der Waals surface area (Å²) in [6.45, 7) is 1.93. The van der Waals surface area contributed by atoms with Gasteiger partial charge in [-0.2, -0.15) is 0 Å². The molecule has 0 bridgehead atoms. The molecule has 0 amide bonds. The molecule has 0 unspecified atom stereocenters. The summed E-state index contributed by atoms with van der Waals surface area (Å²) in [6.07, 6.45) is 5.48. The molecule has 1 fully saturated rings. The van der Waals surface area contributed by atoms with Gasteiger partial charge in [0.1, 0.15) is 12.0 Å². The summed E-state index contributed by atoms with van der Waals surface area (Å²) < 4.78 is 13.9. The Hall–Kier alpha value is -1.85. The van der Waals surface area contributed by atoms with E-state index in [1.165, 1.54) is 11.1 Å². The topological polar surface area (TPSA) is 41.0 Å². The van der Waals surface area contributed by atoms with Gasteiger partial charge in [0.15, 0.2) is 0 Å². The molecular formula is C19H23FN4. The first kappa shape index (κ1) is 15.7. The minimum Gasteiger partial charge on any atom is -0.312 e. The lowest BCUT2D eigenvalue weighted by Crippen LogP contribution is -2.42. The Kier molecular flexibility index (Phi) is 4.54. The standard InChI is InChI=1S/C19H23FN4/c20-16-10-18(24(12-16)13-19-21-6-3-7-22-19)11-23-17-8-14-4-1-2-5-15(14)9-17/h1-7,16-18,23H,8-13H2/t16-,18-/m0/s1. The van der Waals surface area contributed by atoms with Gasteiger partial charge in [-0.25, -0.2) is 14.4 Å². The van der Waals surface area contributed by atoms with Crippen molar-refractivity contribution in [1.29, 1.82) is 0 Å². The van der Waals surface area contributed by atoms with Crippen molar-refractivity contribution >= 4 is 0 Å². The average molecular weight is 326 g/mol. The van der Waals surface area contributed by atoms with Gasteiger partial charge in [-0.05, 0) is 36.5 Å². The fraction of sp³-hybridized carbons (Fsp3) is 0.474. The molecule has 0 radical (unpaired) electrons. The first-order chi connectivity index (χ1) is 11.8. The Labute approximate surface area is 142 Å². The number of likely N-dealkylation sites (tertiary alicyclic amines) is 1. The number of aromatic nitrogens is 2. The summed E-state index contributed by atoms with van der Waals surface area (Å²) in [4.78, 5) is 10.7. The van der Waals surface area contributed by atoms with Crippen LogP contribution in [-0.4, -0.2) is 46.2 Å². The Morgan fingerprint density at radius 2 is 1.79 bits per heavy atom. The zero-order valence-electron chi connectivity index (χ0n) is 13.7. The van der Waals surface area contributed by atoms with Gasteiger partial charge in [0.25, 0.3) is 0 Å². The second kappa shape index (κ2) is 6.95. The van der Waals surface area contributed by atoms with Gasteiger partial charge in [0.2, 0.25) is 0 Å². The highest BCUT2D eigenvalue weighted by Crippen LogP contribution is 2.24. The summed E-state index contributed by atoms with van der Waals surface area (Å²) >= 11 is 0. The molecule has 126 valence electrons. The largest absolute Gasteiger partial charge is 0.312 e. The average Bonchev–Trinajstić information content (AvgIpc) is 3.16. The van der Waals surface area contributed by atoms with Crippen LogP contribution in [0.5, 0.6) is 0 Å². The van der Waals surface area contributed by atoms with Crippen LogP contribution in [-0.2, 0) is 19.4 Å². The molecule has 0 spiro atoms. The van der Waals surface area contributed by atoms with Crippen molar-refractivity contribution in [3.05, 3.63) is 59.7 Å². The van der Waals surface area contributed by atoms with Crippen molar-refractivity contribution in [3.8, 4) is 0 Å². The Morgan fingerprint density at radius 1 is 1.08 bits per heavy atom. The summed E-state index contributed by atoms with van der Waals surface area (Å²) in [5, 5.41) is 3.66. The zero-order valence-corrected chi connectivity index (χ0v) is 13.7. The second-order valence-electron chi connectivity index (χ2n) is 6.86. The third kappa shape index (κ3) is 3.47. The van der Waals surface area contributed by atoms with Gasteiger partial charge in [0, 0.05) is 37.6 Å². The van der Waals surface area contributed by atoms with Crippen LogP contribution in [0.1, 0.15) is 23.4 Å². The number of benzene rings is 1. The molecule has 1 N–H and O–H groups in total. The minimum atomic E-state index is -0.749. The SMILES string of the molecule is F[C@H]1C[C@@H](CNC2Cc3ccccc3C2)N(Cc2ncccn2)C1. The van der Waals surface area contributed by atoms with Crippen LogP contribution in [0.15, 0.2) is 42.7 Å².